The molecule has 182 valence electrons. The lowest BCUT2D eigenvalue weighted by Gasteiger charge is -2.43. The Hall–Kier alpha value is -3.40. The summed E-state index contributed by atoms with van der Waals surface area (Å²) in [6.45, 7) is 4.46. The Balaban J connectivity index is 0.000000636. The van der Waals surface area contributed by atoms with E-state index in [0.29, 0.717) is 17.8 Å². The molecule has 34 heavy (non-hydrogen) atoms. The summed E-state index contributed by atoms with van der Waals surface area (Å²) in [7, 11) is 0. The highest BCUT2D eigenvalue weighted by atomic mass is 16.5. The molecule has 2 N–H and O–H groups in total. The SMILES string of the molecule is CC(=O)O.O=C(NC1CCCC12CCN(CCn1c(=O)oc3ccccc31)CC2)c1ccon1. The van der Waals surface area contributed by atoms with E-state index in [1.807, 2.05) is 24.3 Å². The van der Waals surface area contributed by atoms with Gasteiger partial charge in [0.2, 0.25) is 0 Å². The number of carboxylic acids is 1. The van der Waals surface area contributed by atoms with Crippen LogP contribution in [0.15, 0.2) is 50.3 Å². The molecule has 3 aromatic rings. The molecule has 1 saturated carbocycles. The van der Waals surface area contributed by atoms with Gasteiger partial charge in [-0.05, 0) is 56.3 Å². The van der Waals surface area contributed by atoms with E-state index in [9.17, 15) is 9.59 Å². The number of nitrogens with zero attached hydrogens (tertiary/aromatic N) is 3. The number of carboxylic acid groups (broad SMARTS) is 1. The largest absolute Gasteiger partial charge is 0.481 e. The Morgan fingerprint density at radius 3 is 2.62 bits per heavy atom. The number of benzene rings is 1. The first-order valence-corrected chi connectivity index (χ1v) is 11.6. The number of carbonyl (C=O) groups is 2. The number of aliphatic carboxylic acids is 1. The van der Waals surface area contributed by atoms with E-state index in [-0.39, 0.29) is 23.1 Å². The van der Waals surface area contributed by atoms with Crippen LogP contribution in [0.2, 0.25) is 0 Å². The molecule has 1 amide bonds. The maximum atomic E-state index is 12.4. The van der Waals surface area contributed by atoms with Gasteiger partial charge in [0.1, 0.15) is 6.26 Å². The third kappa shape index (κ3) is 5.22. The molecule has 2 aromatic heterocycles. The maximum Gasteiger partial charge on any atom is 0.419 e. The Labute approximate surface area is 196 Å². The van der Waals surface area contributed by atoms with Gasteiger partial charge in [-0.3, -0.25) is 14.2 Å². The zero-order valence-electron chi connectivity index (χ0n) is 19.2. The van der Waals surface area contributed by atoms with E-state index in [2.05, 4.69) is 15.4 Å². The van der Waals surface area contributed by atoms with Crippen LogP contribution >= 0.6 is 0 Å². The van der Waals surface area contributed by atoms with Crippen molar-refractivity contribution < 1.29 is 23.6 Å². The van der Waals surface area contributed by atoms with Crippen molar-refractivity contribution in [3.8, 4) is 0 Å². The number of carbonyl (C=O) groups excluding carboxylic acids is 1. The first-order valence-electron chi connectivity index (χ1n) is 11.6. The molecule has 2 aliphatic rings. The fourth-order valence-electron chi connectivity index (χ4n) is 5.21. The van der Waals surface area contributed by atoms with Gasteiger partial charge in [-0.15, -0.1) is 0 Å². The molecule has 5 rings (SSSR count). The van der Waals surface area contributed by atoms with Crippen LogP contribution in [0, 0.1) is 5.41 Å². The molecular formula is C24H30N4O6. The second kappa shape index (κ2) is 10.3. The summed E-state index contributed by atoms with van der Waals surface area (Å²) in [5.41, 5.74) is 1.99. The van der Waals surface area contributed by atoms with Crippen molar-refractivity contribution in [2.75, 3.05) is 19.6 Å². The fraction of sp³-hybridized carbons (Fsp3) is 0.500. The smallest absolute Gasteiger partial charge is 0.419 e. The van der Waals surface area contributed by atoms with Crippen molar-refractivity contribution in [1.29, 1.82) is 0 Å². The van der Waals surface area contributed by atoms with Crippen molar-refractivity contribution in [3.05, 3.63) is 52.8 Å². The van der Waals surface area contributed by atoms with Gasteiger partial charge in [-0.2, -0.15) is 0 Å². The van der Waals surface area contributed by atoms with Gasteiger partial charge in [-0.25, -0.2) is 4.79 Å². The topological polar surface area (TPSA) is 131 Å². The van der Waals surface area contributed by atoms with Crippen molar-refractivity contribution in [2.24, 2.45) is 5.41 Å². The van der Waals surface area contributed by atoms with Crippen LogP contribution < -0.4 is 11.1 Å². The van der Waals surface area contributed by atoms with Crippen molar-refractivity contribution in [1.82, 2.24) is 19.9 Å². The van der Waals surface area contributed by atoms with Crippen LogP contribution in [-0.4, -0.2) is 57.3 Å². The number of fused-ring (bicyclic) bond motifs is 1. The molecule has 1 aromatic carbocycles. The third-order valence-electron chi connectivity index (χ3n) is 6.95. The molecule has 3 heterocycles. The summed E-state index contributed by atoms with van der Waals surface area (Å²) in [4.78, 5) is 36.0. The summed E-state index contributed by atoms with van der Waals surface area (Å²) < 4.78 is 11.8. The standard InChI is InChI=1S/C22H26N4O4.C2H4O2/c27-20(16-7-15-29-24-16)23-19-6-3-8-22(19)9-11-25(12-10-22)13-14-26-17-4-1-2-5-18(17)30-21(26)28;1-2(3)4/h1-2,4-5,7,15,19H,3,6,8-14H2,(H,23,27);1H3,(H,3,4). The molecule has 10 nitrogen and oxygen atoms in total. The number of hydrogen-bond donors (Lipinski definition) is 2. The number of aromatic nitrogens is 2. The Bertz CT molecular complexity index is 1170. The molecule has 1 saturated heterocycles. The van der Waals surface area contributed by atoms with Crippen LogP contribution in [0.25, 0.3) is 11.1 Å². The predicted molar refractivity (Wildman–Crippen MR) is 123 cm³/mol. The number of nitrogens with one attached hydrogen (secondary N) is 1. The molecule has 1 unspecified atom stereocenters. The summed E-state index contributed by atoms with van der Waals surface area (Å²) in [6, 6.07) is 9.33. The molecular weight excluding hydrogens is 440 g/mol. The van der Waals surface area contributed by atoms with E-state index in [1.54, 1.807) is 10.6 Å². The number of amides is 1. The zero-order chi connectivity index (χ0) is 24.1. The van der Waals surface area contributed by atoms with Gasteiger partial charge in [0.15, 0.2) is 11.3 Å². The normalized spacial score (nSPS) is 19.6. The van der Waals surface area contributed by atoms with Crippen LogP contribution in [0.1, 0.15) is 49.5 Å². The molecule has 1 aliphatic carbocycles. The quantitative estimate of drug-likeness (QED) is 0.582. The monoisotopic (exact) mass is 470 g/mol. The van der Waals surface area contributed by atoms with Gasteiger partial charge in [0.05, 0.1) is 5.52 Å². The molecule has 1 aliphatic heterocycles. The van der Waals surface area contributed by atoms with E-state index >= 15 is 0 Å². The molecule has 0 radical (unpaired) electrons. The van der Waals surface area contributed by atoms with Gasteiger partial charge in [0.25, 0.3) is 11.9 Å². The second-order valence-corrected chi connectivity index (χ2v) is 9.01. The Morgan fingerprint density at radius 1 is 1.18 bits per heavy atom. The van der Waals surface area contributed by atoms with E-state index < -0.39 is 5.97 Å². The lowest BCUT2D eigenvalue weighted by Crippen LogP contribution is -2.50. The number of piperidine rings is 1. The van der Waals surface area contributed by atoms with Gasteiger partial charge >= 0.3 is 5.76 Å². The lowest BCUT2D eigenvalue weighted by atomic mass is 9.74. The second-order valence-electron chi connectivity index (χ2n) is 9.01. The van der Waals surface area contributed by atoms with Crippen LogP contribution in [0.4, 0.5) is 0 Å². The van der Waals surface area contributed by atoms with Gasteiger partial charge in [-0.1, -0.05) is 23.7 Å². The first-order chi connectivity index (χ1) is 16.4. The average Bonchev–Trinajstić information content (AvgIpc) is 3.53. The zero-order valence-corrected chi connectivity index (χ0v) is 19.2. The van der Waals surface area contributed by atoms with Crippen molar-refractivity contribution in [3.63, 3.8) is 0 Å². The molecule has 1 atom stereocenters. The minimum absolute atomic E-state index is 0.149. The average molecular weight is 471 g/mol. The van der Waals surface area contributed by atoms with Crippen LogP contribution in [0.5, 0.6) is 0 Å². The molecule has 10 heteroatoms. The minimum atomic E-state index is -0.833. The fourth-order valence-corrected chi connectivity index (χ4v) is 5.21. The third-order valence-corrected chi connectivity index (χ3v) is 6.95. The minimum Gasteiger partial charge on any atom is -0.481 e. The number of rotatable bonds is 5. The number of likely N-dealkylation sites (tertiary alicyclic amines) is 1. The predicted octanol–water partition coefficient (Wildman–Crippen LogP) is 2.74. The molecule has 0 bridgehead atoms. The van der Waals surface area contributed by atoms with Crippen LogP contribution in [-0.2, 0) is 11.3 Å². The highest BCUT2D eigenvalue weighted by Crippen LogP contribution is 2.46. The maximum absolute atomic E-state index is 12.4. The Morgan fingerprint density at radius 2 is 1.91 bits per heavy atom. The van der Waals surface area contributed by atoms with Gasteiger partial charge in [0, 0.05) is 32.1 Å². The highest BCUT2D eigenvalue weighted by molar-refractivity contribution is 5.92. The number of hydrogen-bond acceptors (Lipinski definition) is 7. The Kier molecular flexibility index (Phi) is 7.16. The van der Waals surface area contributed by atoms with E-state index in [1.165, 1.54) is 6.26 Å². The highest BCUT2D eigenvalue weighted by Gasteiger charge is 2.45. The summed E-state index contributed by atoms with van der Waals surface area (Å²) in [5.74, 6) is -1.28. The van der Waals surface area contributed by atoms with Crippen LogP contribution in [0.3, 0.4) is 0 Å². The number of para-hydroxylation sites is 2. The summed E-state index contributed by atoms with van der Waals surface area (Å²) in [6.07, 6.45) is 6.83. The van der Waals surface area contributed by atoms with Crippen molar-refractivity contribution >= 4 is 23.0 Å². The molecule has 1 spiro atoms. The first kappa shape index (κ1) is 23.7. The molecule has 2 fully saturated rings. The van der Waals surface area contributed by atoms with Gasteiger partial charge < -0.3 is 24.3 Å². The van der Waals surface area contributed by atoms with E-state index in [4.69, 9.17) is 18.8 Å². The lowest BCUT2D eigenvalue weighted by molar-refractivity contribution is -0.134. The summed E-state index contributed by atoms with van der Waals surface area (Å²) in [5, 5.41) is 14.4. The number of oxazole rings is 1. The van der Waals surface area contributed by atoms with Crippen molar-refractivity contribution in [2.45, 2.75) is 51.6 Å². The summed E-state index contributed by atoms with van der Waals surface area (Å²) >= 11 is 0. The van der Waals surface area contributed by atoms with E-state index in [0.717, 1.165) is 64.2 Å².